The predicted molar refractivity (Wildman–Crippen MR) is 41.8 cm³/mol. The molecule has 0 aromatic carbocycles. The molecule has 0 unspecified atom stereocenters. The first-order chi connectivity index (χ1) is 5.86. The molecular weight excluding hydrogens is 156 g/mol. The fourth-order valence-corrected chi connectivity index (χ4v) is 0.827. The molecule has 0 fully saturated rings. The number of rotatable bonds is 1. The van der Waals surface area contributed by atoms with E-state index in [9.17, 15) is 0 Å². The average molecular weight is 162 g/mol. The molecule has 0 saturated heterocycles. The van der Waals surface area contributed by atoms with Crippen LogP contribution in [0.15, 0.2) is 18.3 Å². The summed E-state index contributed by atoms with van der Waals surface area (Å²) in [5.74, 6) is 1.06. The molecule has 2 aromatic heterocycles. The van der Waals surface area contributed by atoms with Crippen LogP contribution in [0.3, 0.4) is 0 Å². The van der Waals surface area contributed by atoms with E-state index in [1.807, 2.05) is 0 Å². The normalized spacial score (nSPS) is 10.0. The zero-order valence-corrected chi connectivity index (χ0v) is 6.10. The molecule has 12 heavy (non-hydrogen) atoms. The van der Waals surface area contributed by atoms with E-state index in [-0.39, 0.29) is 0 Å². The van der Waals surface area contributed by atoms with Crippen molar-refractivity contribution in [3.8, 4) is 11.4 Å². The van der Waals surface area contributed by atoms with Crippen LogP contribution in [-0.2, 0) is 0 Å². The maximum absolute atomic E-state index is 5.41. The molecule has 0 aliphatic heterocycles. The van der Waals surface area contributed by atoms with Crippen molar-refractivity contribution in [1.82, 2.24) is 25.6 Å². The van der Waals surface area contributed by atoms with E-state index in [1.165, 1.54) is 0 Å². The number of aromatic nitrogens is 5. The van der Waals surface area contributed by atoms with E-state index >= 15 is 0 Å². The summed E-state index contributed by atoms with van der Waals surface area (Å²) in [7, 11) is 0. The van der Waals surface area contributed by atoms with Crippen LogP contribution in [0, 0.1) is 0 Å². The molecular formula is C6H6N6. The second-order valence-corrected chi connectivity index (χ2v) is 2.22. The Kier molecular flexibility index (Phi) is 1.44. The minimum absolute atomic E-state index is 0.478. The van der Waals surface area contributed by atoms with E-state index in [0.717, 1.165) is 5.56 Å². The Hall–Kier alpha value is -1.98. The van der Waals surface area contributed by atoms with Crippen molar-refractivity contribution in [2.45, 2.75) is 0 Å². The highest BCUT2D eigenvalue weighted by atomic mass is 15.5. The van der Waals surface area contributed by atoms with Crippen molar-refractivity contribution in [3.05, 3.63) is 18.3 Å². The Morgan fingerprint density at radius 2 is 2.25 bits per heavy atom. The van der Waals surface area contributed by atoms with Gasteiger partial charge in [-0.1, -0.05) is 0 Å². The number of anilines is 1. The molecule has 2 heterocycles. The van der Waals surface area contributed by atoms with Gasteiger partial charge >= 0.3 is 0 Å². The minimum atomic E-state index is 0.478. The number of aromatic amines is 1. The van der Waals surface area contributed by atoms with Crippen molar-refractivity contribution >= 4 is 5.82 Å². The summed E-state index contributed by atoms with van der Waals surface area (Å²) < 4.78 is 0. The van der Waals surface area contributed by atoms with Crippen molar-refractivity contribution in [2.24, 2.45) is 0 Å². The van der Waals surface area contributed by atoms with Crippen molar-refractivity contribution in [2.75, 3.05) is 5.73 Å². The summed E-state index contributed by atoms with van der Waals surface area (Å²) >= 11 is 0. The van der Waals surface area contributed by atoms with Crippen LogP contribution >= 0.6 is 0 Å². The van der Waals surface area contributed by atoms with Gasteiger partial charge in [-0.25, -0.2) is 10.1 Å². The maximum Gasteiger partial charge on any atom is 0.180 e. The molecule has 0 bridgehead atoms. The van der Waals surface area contributed by atoms with Gasteiger partial charge in [-0.05, 0) is 22.6 Å². The number of H-pyrrole nitrogens is 1. The number of nitrogens with zero attached hydrogens (tertiary/aromatic N) is 4. The van der Waals surface area contributed by atoms with Crippen molar-refractivity contribution < 1.29 is 0 Å². The first-order valence-electron chi connectivity index (χ1n) is 3.32. The third-order valence-electron chi connectivity index (χ3n) is 1.41. The molecule has 6 heteroatoms. The SMILES string of the molecule is Nc1ccc(-c2nnn[nH]2)cn1. The highest BCUT2D eigenvalue weighted by Gasteiger charge is 2.00. The lowest BCUT2D eigenvalue weighted by molar-refractivity contribution is 0.881. The van der Waals surface area contributed by atoms with Gasteiger partial charge in [0.1, 0.15) is 5.82 Å². The number of tetrazole rings is 1. The topological polar surface area (TPSA) is 93.4 Å². The third kappa shape index (κ3) is 1.09. The van der Waals surface area contributed by atoms with Crippen LogP contribution in [-0.4, -0.2) is 25.6 Å². The van der Waals surface area contributed by atoms with Gasteiger partial charge in [0.2, 0.25) is 0 Å². The van der Waals surface area contributed by atoms with Crippen molar-refractivity contribution in [1.29, 1.82) is 0 Å². The fraction of sp³-hybridized carbons (Fsp3) is 0. The summed E-state index contributed by atoms with van der Waals surface area (Å²) in [6, 6.07) is 3.49. The second kappa shape index (κ2) is 2.57. The standard InChI is InChI=1S/C6H6N6/c7-5-2-1-4(3-8-5)6-9-11-12-10-6/h1-3H,(H2,7,8)(H,9,10,11,12). The third-order valence-corrected chi connectivity index (χ3v) is 1.41. The van der Waals surface area contributed by atoms with Crippen LogP contribution in [0.25, 0.3) is 11.4 Å². The highest BCUT2D eigenvalue weighted by molar-refractivity contribution is 5.53. The number of pyridine rings is 1. The molecule has 3 N–H and O–H groups in total. The van der Waals surface area contributed by atoms with Crippen LogP contribution in [0.5, 0.6) is 0 Å². The molecule has 0 saturated carbocycles. The fourth-order valence-electron chi connectivity index (χ4n) is 0.827. The van der Waals surface area contributed by atoms with Crippen LogP contribution in [0.1, 0.15) is 0 Å². The number of hydrogen-bond acceptors (Lipinski definition) is 5. The summed E-state index contributed by atoms with van der Waals surface area (Å²) in [5, 5.41) is 13.2. The molecule has 0 atom stereocenters. The minimum Gasteiger partial charge on any atom is -0.384 e. The van der Waals surface area contributed by atoms with Crippen LogP contribution in [0.2, 0.25) is 0 Å². The zero-order valence-electron chi connectivity index (χ0n) is 6.10. The Balaban J connectivity index is 2.43. The maximum atomic E-state index is 5.41. The lowest BCUT2D eigenvalue weighted by Crippen LogP contribution is -1.89. The highest BCUT2D eigenvalue weighted by Crippen LogP contribution is 2.11. The molecule has 6 nitrogen and oxygen atoms in total. The summed E-state index contributed by atoms with van der Waals surface area (Å²) in [6.45, 7) is 0. The number of nitrogens with one attached hydrogen (secondary N) is 1. The van der Waals surface area contributed by atoms with Gasteiger partial charge in [0, 0.05) is 11.8 Å². The Morgan fingerprint density at radius 1 is 1.33 bits per heavy atom. The Bertz CT molecular complexity index is 350. The van der Waals surface area contributed by atoms with Gasteiger partial charge in [-0.15, -0.1) is 5.10 Å². The van der Waals surface area contributed by atoms with Gasteiger partial charge in [0.25, 0.3) is 0 Å². The lowest BCUT2D eigenvalue weighted by Gasteiger charge is -1.93. The summed E-state index contributed by atoms with van der Waals surface area (Å²) in [6.07, 6.45) is 1.61. The van der Waals surface area contributed by atoms with E-state index in [0.29, 0.717) is 11.6 Å². The quantitative estimate of drug-likeness (QED) is 0.607. The number of nitrogens with two attached hydrogens (primary N) is 1. The van der Waals surface area contributed by atoms with Gasteiger partial charge < -0.3 is 5.73 Å². The first-order valence-corrected chi connectivity index (χ1v) is 3.32. The summed E-state index contributed by atoms with van der Waals surface area (Å²) in [4.78, 5) is 3.90. The van der Waals surface area contributed by atoms with E-state index in [2.05, 4.69) is 25.6 Å². The molecule has 0 aliphatic rings. The molecule has 0 radical (unpaired) electrons. The van der Waals surface area contributed by atoms with Gasteiger partial charge in [-0.3, -0.25) is 0 Å². The molecule has 0 aliphatic carbocycles. The smallest absolute Gasteiger partial charge is 0.180 e. The van der Waals surface area contributed by atoms with Gasteiger partial charge in [-0.2, -0.15) is 0 Å². The predicted octanol–water partition coefficient (Wildman–Crippen LogP) is -0.156. The summed E-state index contributed by atoms with van der Waals surface area (Å²) in [5.41, 5.74) is 6.22. The molecule has 2 rings (SSSR count). The van der Waals surface area contributed by atoms with Crippen molar-refractivity contribution in [3.63, 3.8) is 0 Å². The largest absolute Gasteiger partial charge is 0.384 e. The zero-order chi connectivity index (χ0) is 8.39. The lowest BCUT2D eigenvalue weighted by atomic mass is 10.3. The van der Waals surface area contributed by atoms with Gasteiger partial charge in [0.05, 0.1) is 0 Å². The van der Waals surface area contributed by atoms with E-state index in [4.69, 9.17) is 5.73 Å². The van der Waals surface area contributed by atoms with E-state index < -0.39 is 0 Å². The number of nitrogen functional groups attached to an aromatic ring is 1. The van der Waals surface area contributed by atoms with Gasteiger partial charge in [0.15, 0.2) is 5.82 Å². The average Bonchev–Trinajstić information content (AvgIpc) is 2.58. The Morgan fingerprint density at radius 3 is 2.83 bits per heavy atom. The Labute approximate surface area is 67.8 Å². The monoisotopic (exact) mass is 162 g/mol. The second-order valence-electron chi connectivity index (χ2n) is 2.22. The molecule has 0 spiro atoms. The van der Waals surface area contributed by atoms with Crippen LogP contribution in [0.4, 0.5) is 5.82 Å². The van der Waals surface area contributed by atoms with E-state index in [1.54, 1.807) is 18.3 Å². The first kappa shape index (κ1) is 6.71. The molecule has 60 valence electrons. The van der Waals surface area contributed by atoms with Crippen LogP contribution < -0.4 is 5.73 Å². The number of hydrogen-bond donors (Lipinski definition) is 2. The molecule has 2 aromatic rings. The molecule has 0 amide bonds.